The van der Waals surface area contributed by atoms with Gasteiger partial charge in [-0.3, -0.25) is 14.4 Å². The summed E-state index contributed by atoms with van der Waals surface area (Å²) in [4.78, 5) is 43.8. The maximum Gasteiger partial charge on any atom is 0.228 e. The molecule has 0 radical (unpaired) electrons. The third-order valence-corrected chi connectivity index (χ3v) is 5.99. The van der Waals surface area contributed by atoms with Gasteiger partial charge in [-0.05, 0) is 18.9 Å². The molecule has 2 saturated heterocycles. The van der Waals surface area contributed by atoms with Crippen molar-refractivity contribution in [2.45, 2.75) is 46.6 Å². The number of carbonyl (C=O) groups is 3. The van der Waals surface area contributed by atoms with Crippen molar-refractivity contribution >= 4 is 17.7 Å². The second-order valence-corrected chi connectivity index (χ2v) is 9.25. The molecule has 2 aliphatic heterocycles. The maximum absolute atomic E-state index is 13.1. The minimum atomic E-state index is -0.412. The summed E-state index contributed by atoms with van der Waals surface area (Å²) >= 11 is 0. The highest BCUT2D eigenvalue weighted by atomic mass is 16.2. The molecule has 2 atom stereocenters. The van der Waals surface area contributed by atoms with Crippen LogP contribution in [0.2, 0.25) is 0 Å². The lowest BCUT2D eigenvalue weighted by molar-refractivity contribution is -0.140. The molecule has 29 heavy (non-hydrogen) atoms. The van der Waals surface area contributed by atoms with Crippen LogP contribution in [0.4, 0.5) is 0 Å². The summed E-state index contributed by atoms with van der Waals surface area (Å²) in [7, 11) is 0. The summed E-state index contributed by atoms with van der Waals surface area (Å²) < 4.78 is 0. The lowest BCUT2D eigenvalue weighted by Gasteiger charge is -2.29. The lowest BCUT2D eigenvalue weighted by atomic mass is 9.94. The van der Waals surface area contributed by atoms with Gasteiger partial charge in [0.05, 0.1) is 12.0 Å². The van der Waals surface area contributed by atoms with Gasteiger partial charge in [-0.1, -0.05) is 51.1 Å². The molecule has 1 aromatic rings. The fourth-order valence-electron chi connectivity index (χ4n) is 4.26. The summed E-state index contributed by atoms with van der Waals surface area (Å²) in [5, 5.41) is 0. The van der Waals surface area contributed by atoms with Gasteiger partial charge in [0.1, 0.15) is 0 Å². The van der Waals surface area contributed by atoms with E-state index in [1.54, 1.807) is 0 Å². The van der Waals surface area contributed by atoms with Gasteiger partial charge in [0.25, 0.3) is 0 Å². The zero-order chi connectivity index (χ0) is 21.2. The van der Waals surface area contributed by atoms with Crippen molar-refractivity contribution in [3.63, 3.8) is 0 Å². The second-order valence-electron chi connectivity index (χ2n) is 9.25. The Kier molecular flexibility index (Phi) is 6.30. The number of nitrogens with zero attached hydrogens (tertiary/aromatic N) is 3. The maximum atomic E-state index is 13.1. The van der Waals surface area contributed by atoms with Crippen LogP contribution in [0.5, 0.6) is 0 Å². The molecule has 6 nitrogen and oxygen atoms in total. The van der Waals surface area contributed by atoms with Crippen molar-refractivity contribution in [1.82, 2.24) is 14.7 Å². The van der Waals surface area contributed by atoms with E-state index in [2.05, 4.69) is 0 Å². The highest BCUT2D eigenvalue weighted by Gasteiger charge is 2.39. The van der Waals surface area contributed by atoms with Crippen molar-refractivity contribution in [2.75, 3.05) is 32.7 Å². The quantitative estimate of drug-likeness (QED) is 0.785. The van der Waals surface area contributed by atoms with Gasteiger partial charge in [0.15, 0.2) is 0 Å². The van der Waals surface area contributed by atoms with Gasteiger partial charge in [-0.15, -0.1) is 0 Å². The number of rotatable bonds is 3. The van der Waals surface area contributed by atoms with Crippen molar-refractivity contribution in [3.05, 3.63) is 35.9 Å². The second kappa shape index (κ2) is 8.56. The molecule has 1 aromatic carbocycles. The van der Waals surface area contributed by atoms with Crippen LogP contribution in [0, 0.1) is 11.3 Å². The minimum absolute atomic E-state index is 0.0365. The Balaban J connectivity index is 1.61. The number of hydrogen-bond acceptors (Lipinski definition) is 3. The van der Waals surface area contributed by atoms with Crippen LogP contribution in [0.3, 0.4) is 0 Å². The van der Waals surface area contributed by atoms with E-state index in [-0.39, 0.29) is 36.1 Å². The molecule has 2 heterocycles. The van der Waals surface area contributed by atoms with Gasteiger partial charge in [0.2, 0.25) is 17.7 Å². The van der Waals surface area contributed by atoms with E-state index < -0.39 is 5.41 Å². The van der Waals surface area contributed by atoms with E-state index in [0.29, 0.717) is 32.7 Å². The van der Waals surface area contributed by atoms with Crippen LogP contribution in [0.15, 0.2) is 30.3 Å². The summed E-state index contributed by atoms with van der Waals surface area (Å²) in [6.45, 7) is 10.7. The fraction of sp³-hybridized carbons (Fsp3) is 0.609. The normalized spacial score (nSPS) is 21.9. The van der Waals surface area contributed by atoms with E-state index in [4.69, 9.17) is 0 Å². The van der Waals surface area contributed by atoms with E-state index >= 15 is 0 Å². The standard InChI is InChI=1S/C23H33N3O3/c1-17(18-9-6-5-7-10-18)26-16-19(15-20(26)27)21(28)24-11-8-12-25(14-13-24)22(29)23(2,3)4/h5-7,9-10,17,19H,8,11-16H2,1-4H3. The predicted molar refractivity (Wildman–Crippen MR) is 112 cm³/mol. The summed E-state index contributed by atoms with van der Waals surface area (Å²) in [5.74, 6) is -0.0746. The molecule has 2 aliphatic rings. The first kappa shape index (κ1) is 21.3. The molecule has 3 amide bonds. The molecule has 2 unspecified atom stereocenters. The number of amides is 3. The van der Waals surface area contributed by atoms with Crippen LogP contribution < -0.4 is 0 Å². The highest BCUT2D eigenvalue weighted by Crippen LogP contribution is 2.29. The molecule has 3 rings (SSSR count). The Hall–Kier alpha value is -2.37. The zero-order valence-electron chi connectivity index (χ0n) is 18.1. The molecule has 6 heteroatoms. The van der Waals surface area contributed by atoms with E-state index in [1.807, 2.05) is 72.7 Å². The van der Waals surface area contributed by atoms with Crippen LogP contribution in [-0.4, -0.2) is 65.1 Å². The molecule has 0 aliphatic carbocycles. The van der Waals surface area contributed by atoms with Crippen molar-refractivity contribution in [2.24, 2.45) is 11.3 Å². The first-order chi connectivity index (χ1) is 13.7. The average Bonchev–Trinajstić information content (AvgIpc) is 2.92. The zero-order valence-corrected chi connectivity index (χ0v) is 18.1. The Morgan fingerprint density at radius 3 is 2.28 bits per heavy atom. The SMILES string of the molecule is CC(c1ccccc1)N1CC(C(=O)N2CCCN(C(=O)C(C)(C)C)CC2)CC1=O. The van der Waals surface area contributed by atoms with Gasteiger partial charge < -0.3 is 14.7 Å². The molecule has 0 saturated carbocycles. The van der Waals surface area contributed by atoms with Crippen molar-refractivity contribution in [3.8, 4) is 0 Å². The predicted octanol–water partition coefficient (Wildman–Crippen LogP) is 2.70. The number of carbonyl (C=O) groups excluding carboxylic acids is 3. The summed E-state index contributed by atoms with van der Waals surface area (Å²) in [6, 6.07) is 9.89. The van der Waals surface area contributed by atoms with E-state index in [0.717, 1.165) is 12.0 Å². The number of benzene rings is 1. The highest BCUT2D eigenvalue weighted by molar-refractivity contribution is 5.89. The van der Waals surface area contributed by atoms with Gasteiger partial charge in [-0.2, -0.15) is 0 Å². The van der Waals surface area contributed by atoms with E-state index in [1.165, 1.54) is 0 Å². The third-order valence-electron chi connectivity index (χ3n) is 5.99. The largest absolute Gasteiger partial charge is 0.341 e. The number of hydrogen-bond donors (Lipinski definition) is 0. The molecular weight excluding hydrogens is 366 g/mol. The fourth-order valence-corrected chi connectivity index (χ4v) is 4.26. The Morgan fingerprint density at radius 1 is 1.00 bits per heavy atom. The Morgan fingerprint density at radius 2 is 1.62 bits per heavy atom. The van der Waals surface area contributed by atoms with Crippen LogP contribution in [0.25, 0.3) is 0 Å². The molecule has 2 fully saturated rings. The molecule has 0 N–H and O–H groups in total. The molecule has 158 valence electrons. The topological polar surface area (TPSA) is 60.9 Å². The molecule has 0 bridgehead atoms. The minimum Gasteiger partial charge on any atom is -0.341 e. The molecule has 0 aromatic heterocycles. The molecule has 0 spiro atoms. The third kappa shape index (κ3) is 4.80. The van der Waals surface area contributed by atoms with Crippen molar-refractivity contribution < 1.29 is 14.4 Å². The Bertz CT molecular complexity index is 756. The van der Waals surface area contributed by atoms with Gasteiger partial charge >= 0.3 is 0 Å². The lowest BCUT2D eigenvalue weighted by Crippen LogP contribution is -2.43. The monoisotopic (exact) mass is 399 g/mol. The Labute approximate surface area is 173 Å². The van der Waals surface area contributed by atoms with Gasteiger partial charge in [-0.25, -0.2) is 0 Å². The average molecular weight is 400 g/mol. The summed E-state index contributed by atoms with van der Waals surface area (Å²) in [6.07, 6.45) is 1.05. The van der Waals surface area contributed by atoms with Crippen LogP contribution in [0.1, 0.15) is 52.1 Å². The van der Waals surface area contributed by atoms with Gasteiger partial charge in [0, 0.05) is 44.6 Å². The van der Waals surface area contributed by atoms with E-state index in [9.17, 15) is 14.4 Å². The van der Waals surface area contributed by atoms with Crippen LogP contribution in [-0.2, 0) is 14.4 Å². The smallest absolute Gasteiger partial charge is 0.228 e. The first-order valence-electron chi connectivity index (χ1n) is 10.6. The van der Waals surface area contributed by atoms with Crippen molar-refractivity contribution in [1.29, 1.82) is 0 Å². The first-order valence-corrected chi connectivity index (χ1v) is 10.6. The molecular formula is C23H33N3O3. The number of likely N-dealkylation sites (tertiary alicyclic amines) is 1. The van der Waals surface area contributed by atoms with Crippen LogP contribution >= 0.6 is 0 Å². The summed E-state index contributed by atoms with van der Waals surface area (Å²) in [5.41, 5.74) is 0.672.